The van der Waals surface area contributed by atoms with Crippen LogP contribution in [-0.2, 0) is 22.6 Å². The third-order valence-electron chi connectivity index (χ3n) is 5.41. The molecule has 4 rings (SSSR count). The van der Waals surface area contributed by atoms with Crippen molar-refractivity contribution in [2.45, 2.75) is 26.3 Å². The summed E-state index contributed by atoms with van der Waals surface area (Å²) < 4.78 is 5.49. The molecule has 0 atom stereocenters. The number of hydrogen-bond donors (Lipinski definition) is 0. The van der Waals surface area contributed by atoms with E-state index in [0.717, 1.165) is 12.8 Å². The molecule has 0 fully saturated rings. The minimum absolute atomic E-state index is 0.202. The van der Waals surface area contributed by atoms with Crippen LogP contribution in [0.1, 0.15) is 30.0 Å². The molecule has 2 aromatic carbocycles. The molecule has 0 aromatic heterocycles. The number of imide groups is 1. The highest BCUT2D eigenvalue weighted by atomic mass is 16.5. The standard InChI is InChI=1S/C23H24N2O3/c1-3-13-25-22(26)20(18-10-6-7-11-19(18)28-2)21(23(25)27)24-14-12-16-8-4-5-9-17(16)15-24/h4-11H,3,12-15H2,1-2H3. The summed E-state index contributed by atoms with van der Waals surface area (Å²) in [6.45, 7) is 3.73. The Morgan fingerprint density at radius 2 is 1.68 bits per heavy atom. The average Bonchev–Trinajstić information content (AvgIpc) is 2.98. The molecule has 5 nitrogen and oxygen atoms in total. The predicted octanol–water partition coefficient (Wildman–Crippen LogP) is 3.24. The van der Waals surface area contributed by atoms with Crippen LogP contribution in [0.3, 0.4) is 0 Å². The van der Waals surface area contributed by atoms with Gasteiger partial charge in [0.25, 0.3) is 11.8 Å². The number of ether oxygens (including phenoxy) is 1. The summed E-state index contributed by atoms with van der Waals surface area (Å²) in [4.78, 5) is 29.9. The smallest absolute Gasteiger partial charge is 0.277 e. The van der Waals surface area contributed by atoms with Gasteiger partial charge < -0.3 is 9.64 Å². The topological polar surface area (TPSA) is 49.9 Å². The second-order valence-corrected chi connectivity index (χ2v) is 7.13. The Labute approximate surface area is 165 Å². The maximum Gasteiger partial charge on any atom is 0.277 e. The second kappa shape index (κ2) is 7.50. The summed E-state index contributed by atoms with van der Waals surface area (Å²) in [5.41, 5.74) is 4.14. The highest BCUT2D eigenvalue weighted by Gasteiger charge is 2.42. The molecule has 0 spiro atoms. The number of para-hydroxylation sites is 1. The Kier molecular flexibility index (Phi) is 4.90. The zero-order valence-electron chi connectivity index (χ0n) is 16.3. The summed E-state index contributed by atoms with van der Waals surface area (Å²) in [7, 11) is 1.58. The SMILES string of the molecule is CCCN1C(=O)C(c2ccccc2OC)=C(N2CCc3ccccc3C2)C1=O. The van der Waals surface area contributed by atoms with Crippen molar-refractivity contribution in [3.05, 3.63) is 70.9 Å². The first-order valence-corrected chi connectivity index (χ1v) is 9.71. The van der Waals surface area contributed by atoms with E-state index in [9.17, 15) is 9.59 Å². The maximum absolute atomic E-state index is 13.3. The molecule has 0 unspecified atom stereocenters. The number of fused-ring (bicyclic) bond motifs is 1. The lowest BCUT2D eigenvalue weighted by atomic mass is 9.97. The van der Waals surface area contributed by atoms with Gasteiger partial charge in [-0.05, 0) is 30.0 Å². The molecule has 0 radical (unpaired) electrons. The third kappa shape index (κ3) is 2.97. The first-order chi connectivity index (χ1) is 13.7. The van der Waals surface area contributed by atoms with E-state index in [1.54, 1.807) is 7.11 Å². The van der Waals surface area contributed by atoms with Crippen molar-refractivity contribution in [1.29, 1.82) is 0 Å². The normalized spacial score (nSPS) is 16.6. The minimum Gasteiger partial charge on any atom is -0.496 e. The average molecular weight is 376 g/mol. The quantitative estimate of drug-likeness (QED) is 0.752. The van der Waals surface area contributed by atoms with Gasteiger partial charge in [-0.3, -0.25) is 14.5 Å². The van der Waals surface area contributed by atoms with Gasteiger partial charge in [0.15, 0.2) is 0 Å². The van der Waals surface area contributed by atoms with Crippen molar-refractivity contribution >= 4 is 17.4 Å². The Balaban J connectivity index is 1.83. The van der Waals surface area contributed by atoms with E-state index >= 15 is 0 Å². The molecule has 144 valence electrons. The number of nitrogens with zero attached hydrogens (tertiary/aromatic N) is 2. The first-order valence-electron chi connectivity index (χ1n) is 9.71. The molecule has 2 amide bonds. The van der Waals surface area contributed by atoms with Crippen molar-refractivity contribution < 1.29 is 14.3 Å². The Bertz CT molecular complexity index is 964. The number of benzene rings is 2. The van der Waals surface area contributed by atoms with Gasteiger partial charge in [-0.2, -0.15) is 0 Å². The predicted molar refractivity (Wildman–Crippen MR) is 107 cm³/mol. The van der Waals surface area contributed by atoms with Gasteiger partial charge in [-0.15, -0.1) is 0 Å². The van der Waals surface area contributed by atoms with E-state index < -0.39 is 0 Å². The van der Waals surface area contributed by atoms with Gasteiger partial charge in [0, 0.05) is 25.2 Å². The molecule has 0 bridgehead atoms. The van der Waals surface area contributed by atoms with Crippen LogP contribution in [0.25, 0.3) is 5.57 Å². The molecule has 2 aromatic rings. The lowest BCUT2D eigenvalue weighted by molar-refractivity contribution is -0.137. The van der Waals surface area contributed by atoms with Crippen molar-refractivity contribution in [2.24, 2.45) is 0 Å². The molecule has 2 aliphatic heterocycles. The molecule has 28 heavy (non-hydrogen) atoms. The van der Waals surface area contributed by atoms with Crippen LogP contribution in [0, 0.1) is 0 Å². The van der Waals surface area contributed by atoms with E-state index in [0.29, 0.717) is 42.2 Å². The molecular weight excluding hydrogens is 352 g/mol. The van der Waals surface area contributed by atoms with Crippen LogP contribution < -0.4 is 4.74 Å². The highest BCUT2D eigenvalue weighted by Crippen LogP contribution is 2.37. The van der Waals surface area contributed by atoms with Gasteiger partial charge in [-0.25, -0.2) is 0 Å². The van der Waals surface area contributed by atoms with Gasteiger partial charge in [0.05, 0.1) is 12.7 Å². The summed E-state index contributed by atoms with van der Waals surface area (Å²) >= 11 is 0. The van der Waals surface area contributed by atoms with Crippen molar-refractivity contribution in [3.63, 3.8) is 0 Å². The van der Waals surface area contributed by atoms with Crippen LogP contribution in [0.5, 0.6) is 5.75 Å². The number of hydrogen-bond acceptors (Lipinski definition) is 4. The molecule has 5 heteroatoms. The van der Waals surface area contributed by atoms with Gasteiger partial charge in [-0.1, -0.05) is 49.4 Å². The summed E-state index contributed by atoms with van der Waals surface area (Å²) in [5, 5.41) is 0. The number of amides is 2. The van der Waals surface area contributed by atoms with Crippen LogP contribution >= 0.6 is 0 Å². The van der Waals surface area contributed by atoms with Crippen LogP contribution in [0.15, 0.2) is 54.2 Å². The fourth-order valence-corrected chi connectivity index (χ4v) is 4.06. The molecule has 2 aliphatic rings. The second-order valence-electron chi connectivity index (χ2n) is 7.13. The van der Waals surface area contributed by atoms with Crippen LogP contribution in [0.4, 0.5) is 0 Å². The third-order valence-corrected chi connectivity index (χ3v) is 5.41. The Morgan fingerprint density at radius 1 is 0.964 bits per heavy atom. The summed E-state index contributed by atoms with van der Waals surface area (Å²) in [5.74, 6) is 0.171. The van der Waals surface area contributed by atoms with E-state index in [1.165, 1.54) is 16.0 Å². The molecule has 0 saturated carbocycles. The molecule has 0 aliphatic carbocycles. The lowest BCUT2D eigenvalue weighted by Gasteiger charge is -2.31. The van der Waals surface area contributed by atoms with Gasteiger partial charge in [0.1, 0.15) is 11.4 Å². The van der Waals surface area contributed by atoms with Crippen LogP contribution in [-0.4, -0.2) is 41.8 Å². The van der Waals surface area contributed by atoms with Crippen molar-refractivity contribution in [3.8, 4) is 5.75 Å². The van der Waals surface area contributed by atoms with E-state index in [2.05, 4.69) is 17.0 Å². The van der Waals surface area contributed by atoms with Crippen molar-refractivity contribution in [2.75, 3.05) is 20.2 Å². The van der Waals surface area contributed by atoms with E-state index in [4.69, 9.17) is 4.74 Å². The van der Waals surface area contributed by atoms with E-state index in [1.807, 2.05) is 43.3 Å². The number of methoxy groups -OCH3 is 1. The summed E-state index contributed by atoms with van der Waals surface area (Å²) in [6, 6.07) is 15.7. The molecule has 0 N–H and O–H groups in total. The Morgan fingerprint density at radius 3 is 2.43 bits per heavy atom. The largest absolute Gasteiger partial charge is 0.496 e. The first kappa shape index (κ1) is 18.3. The molecule has 2 heterocycles. The highest BCUT2D eigenvalue weighted by molar-refractivity contribution is 6.36. The number of rotatable bonds is 5. The molecule has 0 saturated heterocycles. The Hall–Kier alpha value is -3.08. The summed E-state index contributed by atoms with van der Waals surface area (Å²) in [6.07, 6.45) is 1.58. The lowest BCUT2D eigenvalue weighted by Crippen LogP contribution is -2.37. The van der Waals surface area contributed by atoms with Crippen molar-refractivity contribution in [1.82, 2.24) is 9.80 Å². The minimum atomic E-state index is -0.231. The zero-order valence-corrected chi connectivity index (χ0v) is 16.3. The fraction of sp³-hybridized carbons (Fsp3) is 0.304. The molecular formula is C23H24N2O3. The zero-order chi connectivity index (χ0) is 19.7. The fourth-order valence-electron chi connectivity index (χ4n) is 4.06. The maximum atomic E-state index is 13.3. The van der Waals surface area contributed by atoms with E-state index in [-0.39, 0.29) is 11.8 Å². The monoisotopic (exact) mass is 376 g/mol. The van der Waals surface area contributed by atoms with Crippen LogP contribution in [0.2, 0.25) is 0 Å². The number of carbonyl (C=O) groups excluding carboxylic acids is 2. The number of carbonyl (C=O) groups is 2. The van der Waals surface area contributed by atoms with Gasteiger partial charge in [0.2, 0.25) is 0 Å². The van der Waals surface area contributed by atoms with Gasteiger partial charge >= 0.3 is 0 Å².